The van der Waals surface area contributed by atoms with Gasteiger partial charge in [-0.25, -0.2) is 9.97 Å². The first-order valence-electron chi connectivity index (χ1n) is 8.00. The highest BCUT2D eigenvalue weighted by Gasteiger charge is 2.34. The highest BCUT2D eigenvalue weighted by molar-refractivity contribution is 6.05. The molecule has 0 unspecified atom stereocenters. The molecule has 132 valence electrons. The van der Waals surface area contributed by atoms with Crippen LogP contribution in [0.1, 0.15) is 35.2 Å². The molecule has 1 amide bonds. The molecule has 1 N–H and O–H groups in total. The van der Waals surface area contributed by atoms with Crippen LogP contribution in [0.25, 0.3) is 0 Å². The van der Waals surface area contributed by atoms with Crippen molar-refractivity contribution in [1.82, 2.24) is 9.97 Å². The maximum absolute atomic E-state index is 13.0. The van der Waals surface area contributed by atoms with Crippen molar-refractivity contribution in [1.29, 1.82) is 0 Å². The number of carbonyl (C=O) groups is 1. The van der Waals surface area contributed by atoms with Gasteiger partial charge in [0.25, 0.3) is 5.91 Å². The zero-order chi connectivity index (χ0) is 17.9. The predicted octanol–water partition coefficient (Wildman–Crippen LogP) is 3.74. The number of hydrogen-bond donors (Lipinski definition) is 1. The van der Waals surface area contributed by atoms with Gasteiger partial charge in [-0.2, -0.15) is 13.2 Å². The minimum atomic E-state index is -4.59. The number of nitrogens with one attached hydrogen (secondary N) is 1. The van der Waals surface area contributed by atoms with Crippen LogP contribution < -0.4 is 10.2 Å². The number of piperidine rings is 1. The number of anilines is 2. The molecule has 1 aromatic heterocycles. The molecule has 0 atom stereocenters. The molecule has 0 aliphatic carbocycles. The van der Waals surface area contributed by atoms with Gasteiger partial charge >= 0.3 is 6.18 Å². The van der Waals surface area contributed by atoms with Gasteiger partial charge in [-0.3, -0.25) is 4.79 Å². The molecular weight excluding hydrogens is 333 g/mol. The van der Waals surface area contributed by atoms with E-state index in [0.717, 1.165) is 38.1 Å². The van der Waals surface area contributed by atoms with E-state index in [9.17, 15) is 18.0 Å². The van der Waals surface area contributed by atoms with Crippen LogP contribution in [0.3, 0.4) is 0 Å². The number of alkyl halides is 3. The third-order valence-corrected chi connectivity index (χ3v) is 4.01. The van der Waals surface area contributed by atoms with Gasteiger partial charge in [0.15, 0.2) is 0 Å². The van der Waals surface area contributed by atoms with Gasteiger partial charge in [-0.1, -0.05) is 12.1 Å². The van der Waals surface area contributed by atoms with Crippen LogP contribution in [0, 0.1) is 0 Å². The highest BCUT2D eigenvalue weighted by atomic mass is 19.4. The van der Waals surface area contributed by atoms with Crippen LogP contribution in [0.15, 0.2) is 36.7 Å². The number of benzene rings is 1. The van der Waals surface area contributed by atoms with Crippen molar-refractivity contribution in [3.63, 3.8) is 0 Å². The molecule has 5 nitrogen and oxygen atoms in total. The Balaban J connectivity index is 1.73. The Morgan fingerprint density at radius 2 is 1.68 bits per heavy atom. The Kier molecular flexibility index (Phi) is 4.87. The summed E-state index contributed by atoms with van der Waals surface area (Å²) in [6, 6.07) is 4.65. The zero-order valence-electron chi connectivity index (χ0n) is 13.4. The van der Waals surface area contributed by atoms with Crippen LogP contribution >= 0.6 is 0 Å². The first-order valence-corrected chi connectivity index (χ1v) is 8.00. The van der Waals surface area contributed by atoms with Crippen LogP contribution in [0.2, 0.25) is 0 Å². The third kappa shape index (κ3) is 4.07. The Morgan fingerprint density at radius 1 is 1.04 bits per heavy atom. The average molecular weight is 350 g/mol. The lowest BCUT2D eigenvalue weighted by Gasteiger charge is -2.26. The summed E-state index contributed by atoms with van der Waals surface area (Å²) < 4.78 is 39.0. The van der Waals surface area contributed by atoms with E-state index in [1.54, 1.807) is 0 Å². The van der Waals surface area contributed by atoms with Crippen LogP contribution in [-0.4, -0.2) is 29.0 Å². The summed E-state index contributed by atoms with van der Waals surface area (Å²) in [6.07, 6.45) is 1.56. The van der Waals surface area contributed by atoms with Crippen molar-refractivity contribution in [3.05, 3.63) is 47.8 Å². The van der Waals surface area contributed by atoms with Gasteiger partial charge in [-0.15, -0.1) is 0 Å². The fraction of sp³-hybridized carbons (Fsp3) is 0.353. The number of carbonyl (C=O) groups excluding carboxylic acids is 1. The SMILES string of the molecule is O=C(Nc1cnc(N2CCCCC2)nc1)c1ccccc1C(F)(F)F. The fourth-order valence-corrected chi connectivity index (χ4v) is 2.77. The van der Waals surface area contributed by atoms with Crippen molar-refractivity contribution in [2.45, 2.75) is 25.4 Å². The number of halogens is 3. The van der Waals surface area contributed by atoms with E-state index in [4.69, 9.17) is 0 Å². The fourth-order valence-electron chi connectivity index (χ4n) is 2.77. The Morgan fingerprint density at radius 3 is 2.32 bits per heavy atom. The lowest BCUT2D eigenvalue weighted by molar-refractivity contribution is -0.137. The maximum Gasteiger partial charge on any atom is 0.417 e. The Labute approximate surface area is 142 Å². The van der Waals surface area contributed by atoms with Gasteiger partial charge in [0.1, 0.15) is 0 Å². The standard InChI is InChI=1S/C17H17F3N4O/c18-17(19,20)14-7-3-2-6-13(14)15(25)23-12-10-21-16(22-11-12)24-8-4-1-5-9-24/h2-3,6-7,10-11H,1,4-5,8-9H2,(H,23,25). The largest absolute Gasteiger partial charge is 0.417 e. The average Bonchev–Trinajstić information content (AvgIpc) is 2.62. The summed E-state index contributed by atoms with van der Waals surface area (Å²) in [5.74, 6) is -0.282. The van der Waals surface area contributed by atoms with Gasteiger partial charge < -0.3 is 10.2 Å². The second-order valence-corrected chi connectivity index (χ2v) is 5.82. The molecule has 1 aliphatic heterocycles. The quantitative estimate of drug-likeness (QED) is 0.916. The van der Waals surface area contributed by atoms with E-state index < -0.39 is 23.2 Å². The van der Waals surface area contributed by atoms with Gasteiger partial charge in [0, 0.05) is 13.1 Å². The lowest BCUT2D eigenvalue weighted by Crippen LogP contribution is -2.31. The number of amides is 1. The van der Waals surface area contributed by atoms with E-state index in [1.165, 1.54) is 30.9 Å². The second kappa shape index (κ2) is 7.08. The summed E-state index contributed by atoms with van der Waals surface area (Å²) in [4.78, 5) is 22.6. The van der Waals surface area contributed by atoms with Crippen LogP contribution in [-0.2, 0) is 6.18 Å². The van der Waals surface area contributed by atoms with Crippen molar-refractivity contribution in [2.24, 2.45) is 0 Å². The summed E-state index contributed by atoms with van der Waals surface area (Å²) in [5, 5.41) is 2.42. The minimum Gasteiger partial charge on any atom is -0.341 e. The van der Waals surface area contributed by atoms with E-state index in [-0.39, 0.29) is 5.69 Å². The topological polar surface area (TPSA) is 58.1 Å². The molecule has 0 radical (unpaired) electrons. The summed E-state index contributed by atoms with van der Waals surface area (Å²) in [7, 11) is 0. The second-order valence-electron chi connectivity index (χ2n) is 5.82. The summed E-state index contributed by atoms with van der Waals surface area (Å²) in [6.45, 7) is 1.76. The molecule has 0 bridgehead atoms. The molecule has 1 fully saturated rings. The number of hydrogen-bond acceptors (Lipinski definition) is 4. The Hall–Kier alpha value is -2.64. The summed E-state index contributed by atoms with van der Waals surface area (Å²) >= 11 is 0. The van der Waals surface area contributed by atoms with Crippen molar-refractivity contribution < 1.29 is 18.0 Å². The molecule has 0 spiro atoms. The highest BCUT2D eigenvalue weighted by Crippen LogP contribution is 2.32. The molecule has 0 saturated carbocycles. The minimum absolute atomic E-state index is 0.253. The number of nitrogens with zero attached hydrogens (tertiary/aromatic N) is 3. The molecule has 2 heterocycles. The van der Waals surface area contributed by atoms with E-state index in [2.05, 4.69) is 15.3 Å². The molecular formula is C17H17F3N4O. The molecule has 2 aromatic rings. The smallest absolute Gasteiger partial charge is 0.341 e. The molecule has 3 rings (SSSR count). The molecule has 8 heteroatoms. The van der Waals surface area contributed by atoms with Gasteiger partial charge in [-0.05, 0) is 31.4 Å². The predicted molar refractivity (Wildman–Crippen MR) is 87.5 cm³/mol. The van der Waals surface area contributed by atoms with E-state index in [1.807, 2.05) is 4.90 Å². The van der Waals surface area contributed by atoms with Crippen molar-refractivity contribution >= 4 is 17.5 Å². The van der Waals surface area contributed by atoms with Crippen molar-refractivity contribution in [3.8, 4) is 0 Å². The van der Waals surface area contributed by atoms with Crippen molar-refractivity contribution in [2.75, 3.05) is 23.3 Å². The molecule has 1 aliphatic rings. The number of rotatable bonds is 3. The number of aromatic nitrogens is 2. The Bertz CT molecular complexity index is 740. The maximum atomic E-state index is 13.0. The molecule has 25 heavy (non-hydrogen) atoms. The van der Waals surface area contributed by atoms with Gasteiger partial charge in [0.2, 0.25) is 5.95 Å². The monoisotopic (exact) mass is 350 g/mol. The normalized spacial score (nSPS) is 15.1. The third-order valence-electron chi connectivity index (χ3n) is 4.01. The molecule has 1 saturated heterocycles. The first-order chi connectivity index (χ1) is 11.9. The van der Waals surface area contributed by atoms with Crippen LogP contribution in [0.4, 0.5) is 24.8 Å². The summed E-state index contributed by atoms with van der Waals surface area (Å²) in [5.41, 5.74) is -1.16. The molecule has 1 aromatic carbocycles. The zero-order valence-corrected chi connectivity index (χ0v) is 13.4. The first kappa shape index (κ1) is 17.2. The van der Waals surface area contributed by atoms with E-state index in [0.29, 0.717) is 5.95 Å². The van der Waals surface area contributed by atoms with Gasteiger partial charge in [0.05, 0.1) is 29.2 Å². The van der Waals surface area contributed by atoms with Crippen LogP contribution in [0.5, 0.6) is 0 Å². The van der Waals surface area contributed by atoms with E-state index >= 15 is 0 Å². The lowest BCUT2D eigenvalue weighted by atomic mass is 10.1.